The number of halogens is 2. The summed E-state index contributed by atoms with van der Waals surface area (Å²) in [5, 5.41) is 27.8. The van der Waals surface area contributed by atoms with Gasteiger partial charge in [-0.2, -0.15) is 0 Å². The van der Waals surface area contributed by atoms with Crippen molar-refractivity contribution in [3.63, 3.8) is 0 Å². The second-order valence-corrected chi connectivity index (χ2v) is 3.15. The molecule has 1 rings (SSSR count). The number of aliphatic hydroxyl groups excluding tert-OH is 2. The lowest BCUT2D eigenvalue weighted by Crippen LogP contribution is -2.19. The van der Waals surface area contributed by atoms with Crippen LogP contribution >= 0.6 is 11.6 Å². The molecule has 1 aromatic carbocycles. The lowest BCUT2D eigenvalue weighted by molar-refractivity contribution is 0.0309. The van der Waals surface area contributed by atoms with Crippen LogP contribution < -0.4 is 0 Å². The molecule has 78 valence electrons. The highest BCUT2D eigenvalue weighted by atomic mass is 35.5. The quantitative estimate of drug-likeness (QED) is 0.670. The highest BCUT2D eigenvalue weighted by molar-refractivity contribution is 6.18. The van der Waals surface area contributed by atoms with E-state index in [0.717, 1.165) is 6.07 Å². The van der Waals surface area contributed by atoms with Crippen LogP contribution in [0.25, 0.3) is 0 Å². The van der Waals surface area contributed by atoms with E-state index in [1.54, 1.807) is 0 Å². The topological polar surface area (TPSA) is 60.7 Å². The summed E-state index contributed by atoms with van der Waals surface area (Å²) in [5.41, 5.74) is -0.0712. The van der Waals surface area contributed by atoms with Crippen molar-refractivity contribution in [1.29, 1.82) is 0 Å². The van der Waals surface area contributed by atoms with Gasteiger partial charge in [0.1, 0.15) is 6.10 Å². The maximum atomic E-state index is 12.8. The second kappa shape index (κ2) is 4.59. The van der Waals surface area contributed by atoms with Gasteiger partial charge < -0.3 is 15.3 Å². The number of hydrogen-bond acceptors (Lipinski definition) is 3. The Balaban J connectivity index is 3.01. The van der Waals surface area contributed by atoms with Gasteiger partial charge >= 0.3 is 0 Å². The zero-order valence-electron chi connectivity index (χ0n) is 7.19. The number of alkyl halides is 1. The molecule has 1 aromatic rings. The smallest absolute Gasteiger partial charge is 0.165 e. The van der Waals surface area contributed by atoms with Crippen LogP contribution in [0.15, 0.2) is 18.2 Å². The molecule has 0 saturated carbocycles. The van der Waals surface area contributed by atoms with Crippen LogP contribution in [0.2, 0.25) is 0 Å². The van der Waals surface area contributed by atoms with Gasteiger partial charge in [-0.25, -0.2) is 4.39 Å². The minimum atomic E-state index is -1.39. The Morgan fingerprint density at radius 3 is 2.57 bits per heavy atom. The van der Waals surface area contributed by atoms with E-state index < -0.39 is 23.8 Å². The number of phenolic OH excluding ortho intramolecular Hbond substituents is 1. The zero-order chi connectivity index (χ0) is 10.7. The van der Waals surface area contributed by atoms with Crippen LogP contribution in [-0.4, -0.2) is 27.3 Å². The van der Waals surface area contributed by atoms with E-state index >= 15 is 0 Å². The minimum absolute atomic E-state index is 0.0712. The summed E-state index contributed by atoms with van der Waals surface area (Å²) >= 11 is 5.30. The molecule has 0 saturated heterocycles. The van der Waals surface area contributed by atoms with Gasteiger partial charge in [0.25, 0.3) is 0 Å². The van der Waals surface area contributed by atoms with Crippen molar-refractivity contribution in [3.8, 4) is 5.75 Å². The van der Waals surface area contributed by atoms with Crippen molar-refractivity contribution in [3.05, 3.63) is 29.6 Å². The predicted octanol–water partition coefficient (Wildman–Crippen LogP) is 1.16. The highest BCUT2D eigenvalue weighted by Crippen LogP contribution is 2.28. The monoisotopic (exact) mass is 220 g/mol. The molecule has 0 aliphatic carbocycles. The van der Waals surface area contributed by atoms with E-state index in [0.29, 0.717) is 0 Å². The molecule has 0 bridgehead atoms. The molecule has 3 nitrogen and oxygen atoms in total. The SMILES string of the molecule is Oc1c(F)cccc1C(O)C(O)CCl. The number of hydrogen-bond donors (Lipinski definition) is 3. The number of aliphatic hydroxyl groups is 2. The predicted molar refractivity (Wildman–Crippen MR) is 49.8 cm³/mol. The molecule has 2 atom stereocenters. The largest absolute Gasteiger partial charge is 0.505 e. The van der Waals surface area contributed by atoms with Crippen molar-refractivity contribution in [2.24, 2.45) is 0 Å². The van der Waals surface area contributed by atoms with Crippen LogP contribution in [0.3, 0.4) is 0 Å². The van der Waals surface area contributed by atoms with Gasteiger partial charge in [0.2, 0.25) is 0 Å². The third-order valence-corrected chi connectivity index (χ3v) is 2.18. The lowest BCUT2D eigenvalue weighted by atomic mass is 10.0. The van der Waals surface area contributed by atoms with Crippen molar-refractivity contribution < 1.29 is 19.7 Å². The molecule has 3 N–H and O–H groups in total. The summed E-state index contributed by atoms with van der Waals surface area (Å²) in [6.07, 6.45) is -2.62. The highest BCUT2D eigenvalue weighted by Gasteiger charge is 2.21. The Morgan fingerprint density at radius 2 is 2.00 bits per heavy atom. The van der Waals surface area contributed by atoms with Gasteiger partial charge in [0.15, 0.2) is 11.6 Å². The van der Waals surface area contributed by atoms with Crippen LogP contribution in [0.4, 0.5) is 4.39 Å². The first-order valence-corrected chi connectivity index (χ1v) is 4.51. The summed E-state index contributed by atoms with van der Waals surface area (Å²) in [4.78, 5) is 0. The van der Waals surface area contributed by atoms with E-state index in [2.05, 4.69) is 0 Å². The van der Waals surface area contributed by atoms with Gasteiger partial charge in [-0.1, -0.05) is 12.1 Å². The average Bonchev–Trinajstić information content (AvgIpc) is 2.20. The lowest BCUT2D eigenvalue weighted by Gasteiger charge is -2.16. The van der Waals surface area contributed by atoms with Crippen molar-refractivity contribution >= 4 is 11.6 Å². The normalized spacial score (nSPS) is 15.1. The molecule has 0 amide bonds. The Hall–Kier alpha value is -0.840. The molecule has 0 aliphatic rings. The number of benzene rings is 1. The Bertz CT molecular complexity index is 319. The molecule has 0 fully saturated rings. The van der Waals surface area contributed by atoms with Gasteiger partial charge in [-0.3, -0.25) is 0 Å². The molecular formula is C9H10ClFO3. The van der Waals surface area contributed by atoms with Crippen LogP contribution in [-0.2, 0) is 0 Å². The fourth-order valence-corrected chi connectivity index (χ4v) is 1.23. The van der Waals surface area contributed by atoms with Crippen molar-refractivity contribution in [2.45, 2.75) is 12.2 Å². The Labute approximate surface area is 85.4 Å². The van der Waals surface area contributed by atoms with Crippen molar-refractivity contribution in [2.75, 3.05) is 5.88 Å². The fourth-order valence-electron chi connectivity index (χ4n) is 1.06. The van der Waals surface area contributed by atoms with E-state index in [-0.39, 0.29) is 11.4 Å². The molecule has 0 radical (unpaired) electrons. The molecule has 0 aliphatic heterocycles. The molecule has 5 heteroatoms. The first-order chi connectivity index (χ1) is 6.57. The van der Waals surface area contributed by atoms with Gasteiger partial charge in [-0.15, -0.1) is 11.6 Å². The number of para-hydroxylation sites is 1. The van der Waals surface area contributed by atoms with E-state index in [1.807, 2.05) is 0 Å². The van der Waals surface area contributed by atoms with E-state index in [4.69, 9.17) is 11.6 Å². The maximum absolute atomic E-state index is 12.8. The molecule has 2 unspecified atom stereocenters. The average molecular weight is 221 g/mol. The Kier molecular flexibility index (Phi) is 3.69. The standard InChI is InChI=1S/C9H10ClFO3/c10-4-7(12)9(14)5-2-1-3-6(11)8(5)13/h1-3,7,9,12-14H,4H2. The fraction of sp³-hybridized carbons (Fsp3) is 0.333. The summed E-state index contributed by atoms with van der Waals surface area (Å²) in [7, 11) is 0. The first-order valence-electron chi connectivity index (χ1n) is 3.97. The Morgan fingerprint density at radius 1 is 1.36 bits per heavy atom. The molecule has 0 spiro atoms. The van der Waals surface area contributed by atoms with Gasteiger partial charge in [0.05, 0.1) is 12.0 Å². The molecular weight excluding hydrogens is 211 g/mol. The minimum Gasteiger partial charge on any atom is -0.505 e. The van der Waals surface area contributed by atoms with Crippen LogP contribution in [0.5, 0.6) is 5.75 Å². The number of aromatic hydroxyl groups is 1. The number of rotatable bonds is 3. The summed E-state index contributed by atoms with van der Waals surface area (Å²) < 4.78 is 12.8. The molecule has 14 heavy (non-hydrogen) atoms. The third kappa shape index (κ3) is 2.15. The maximum Gasteiger partial charge on any atom is 0.165 e. The van der Waals surface area contributed by atoms with Crippen LogP contribution in [0, 0.1) is 5.82 Å². The summed E-state index contributed by atoms with van der Waals surface area (Å²) in [6.45, 7) is 0. The second-order valence-electron chi connectivity index (χ2n) is 2.84. The van der Waals surface area contributed by atoms with Crippen molar-refractivity contribution in [1.82, 2.24) is 0 Å². The van der Waals surface area contributed by atoms with Crippen LogP contribution in [0.1, 0.15) is 11.7 Å². The van der Waals surface area contributed by atoms with Gasteiger partial charge in [-0.05, 0) is 6.07 Å². The van der Waals surface area contributed by atoms with E-state index in [1.165, 1.54) is 12.1 Å². The summed E-state index contributed by atoms with van der Waals surface area (Å²) in [6, 6.07) is 3.70. The van der Waals surface area contributed by atoms with E-state index in [9.17, 15) is 19.7 Å². The third-order valence-electron chi connectivity index (χ3n) is 1.86. The summed E-state index contributed by atoms with van der Waals surface area (Å²) in [5.74, 6) is -1.70. The number of phenols is 1. The molecule has 0 aromatic heterocycles. The van der Waals surface area contributed by atoms with Gasteiger partial charge in [0, 0.05) is 5.56 Å². The molecule has 0 heterocycles. The zero-order valence-corrected chi connectivity index (χ0v) is 7.95. The first kappa shape index (κ1) is 11.2.